The number of hydrogen-bond donors (Lipinski definition) is 2. The van der Waals surface area contributed by atoms with Gasteiger partial charge in [0.05, 0.1) is 0 Å². The molecule has 13 heavy (non-hydrogen) atoms. The number of hydrogen-bond acceptors (Lipinski definition) is 2. The third-order valence-corrected chi connectivity index (χ3v) is 2.91. The third kappa shape index (κ3) is 1.96. The molecule has 0 aromatic rings. The molecule has 2 N–H and O–H groups in total. The molecular formula is C8H13F3O2. The van der Waals surface area contributed by atoms with Gasteiger partial charge in [-0.05, 0) is 17.8 Å². The quantitative estimate of drug-likeness (QED) is 0.662. The first kappa shape index (κ1) is 10.8. The smallest absolute Gasteiger partial charge is 0.359 e. The van der Waals surface area contributed by atoms with Gasteiger partial charge in [-0.15, -0.1) is 0 Å². The molecule has 0 radical (unpaired) electrons. The Morgan fingerprint density at radius 2 is 1.77 bits per heavy atom. The lowest BCUT2D eigenvalue weighted by molar-refractivity contribution is -0.355. The minimum absolute atomic E-state index is 0.133. The zero-order valence-electron chi connectivity index (χ0n) is 7.52. The normalized spacial score (nSPS) is 34.8. The lowest BCUT2D eigenvalue weighted by atomic mass is 9.95. The average Bonchev–Trinajstić information content (AvgIpc) is 2.34. The van der Waals surface area contributed by atoms with Crippen LogP contribution in [0.25, 0.3) is 0 Å². The topological polar surface area (TPSA) is 40.5 Å². The highest BCUT2D eigenvalue weighted by molar-refractivity contribution is 5.00. The van der Waals surface area contributed by atoms with Crippen LogP contribution in [0.1, 0.15) is 26.7 Å². The van der Waals surface area contributed by atoms with Crippen LogP contribution in [-0.4, -0.2) is 22.2 Å². The van der Waals surface area contributed by atoms with E-state index in [1.807, 2.05) is 0 Å². The maximum Gasteiger partial charge on any atom is 0.442 e. The summed E-state index contributed by atoms with van der Waals surface area (Å²) in [5, 5.41) is 17.5. The molecule has 0 amide bonds. The highest BCUT2D eigenvalue weighted by Crippen LogP contribution is 2.57. The molecule has 1 fully saturated rings. The minimum atomic E-state index is -4.96. The molecule has 2 nitrogen and oxygen atoms in total. The van der Waals surface area contributed by atoms with Crippen LogP contribution in [0.15, 0.2) is 0 Å². The Kier molecular flexibility index (Phi) is 2.16. The molecule has 1 aliphatic rings. The molecule has 1 rings (SSSR count). The standard InChI is InChI=1S/C8H13F3O2/c1-5-3-6(5,2)4-7(12,13)8(9,10)11/h5,12-13H,3-4H2,1-2H3. The molecule has 2 atom stereocenters. The van der Waals surface area contributed by atoms with Crippen molar-refractivity contribution >= 4 is 0 Å². The van der Waals surface area contributed by atoms with Crippen molar-refractivity contribution in [1.29, 1.82) is 0 Å². The predicted octanol–water partition coefficient (Wildman–Crippen LogP) is 1.67. The Bertz CT molecular complexity index is 212. The van der Waals surface area contributed by atoms with E-state index in [1.54, 1.807) is 13.8 Å². The van der Waals surface area contributed by atoms with E-state index in [1.165, 1.54) is 0 Å². The highest BCUT2D eigenvalue weighted by Gasteiger charge is 2.60. The van der Waals surface area contributed by atoms with Crippen molar-refractivity contribution in [3.05, 3.63) is 0 Å². The summed E-state index contributed by atoms with van der Waals surface area (Å²) in [4.78, 5) is 0. The first-order valence-corrected chi connectivity index (χ1v) is 4.10. The number of rotatable bonds is 2. The molecule has 78 valence electrons. The Balaban J connectivity index is 2.63. The van der Waals surface area contributed by atoms with Crippen molar-refractivity contribution in [3.63, 3.8) is 0 Å². The van der Waals surface area contributed by atoms with Gasteiger partial charge in [-0.3, -0.25) is 0 Å². The fourth-order valence-corrected chi connectivity index (χ4v) is 1.55. The van der Waals surface area contributed by atoms with E-state index < -0.39 is 23.8 Å². The molecule has 1 saturated carbocycles. The van der Waals surface area contributed by atoms with Gasteiger partial charge >= 0.3 is 6.18 Å². The van der Waals surface area contributed by atoms with Crippen molar-refractivity contribution in [2.75, 3.05) is 0 Å². The van der Waals surface area contributed by atoms with Gasteiger partial charge in [0.25, 0.3) is 5.79 Å². The monoisotopic (exact) mass is 198 g/mol. The molecule has 0 aromatic heterocycles. The molecule has 5 heteroatoms. The second-order valence-electron chi connectivity index (χ2n) is 4.25. The number of halogens is 3. The summed E-state index contributed by atoms with van der Waals surface area (Å²) in [7, 11) is 0. The first-order chi connectivity index (χ1) is 5.58. The molecule has 0 aliphatic heterocycles. The Labute approximate surface area is 74.4 Å². The van der Waals surface area contributed by atoms with Crippen LogP contribution >= 0.6 is 0 Å². The van der Waals surface area contributed by atoms with Gasteiger partial charge in [-0.1, -0.05) is 13.8 Å². The van der Waals surface area contributed by atoms with Gasteiger partial charge in [0.2, 0.25) is 0 Å². The van der Waals surface area contributed by atoms with Crippen molar-refractivity contribution < 1.29 is 23.4 Å². The Morgan fingerprint density at radius 3 is 2.00 bits per heavy atom. The summed E-state index contributed by atoms with van der Waals surface area (Å²) in [5.41, 5.74) is -0.570. The van der Waals surface area contributed by atoms with Crippen LogP contribution in [0.4, 0.5) is 13.2 Å². The number of alkyl halides is 3. The van der Waals surface area contributed by atoms with Crippen molar-refractivity contribution in [1.82, 2.24) is 0 Å². The van der Waals surface area contributed by atoms with Gasteiger partial charge in [-0.25, -0.2) is 0 Å². The summed E-state index contributed by atoms with van der Waals surface area (Å²) in [6.07, 6.45) is -4.98. The van der Waals surface area contributed by atoms with Crippen LogP contribution < -0.4 is 0 Å². The molecule has 0 bridgehead atoms. The summed E-state index contributed by atoms with van der Waals surface area (Å²) < 4.78 is 36.1. The second kappa shape index (κ2) is 2.60. The maximum atomic E-state index is 12.0. The molecule has 0 aromatic carbocycles. The summed E-state index contributed by atoms with van der Waals surface area (Å²) in [5.74, 6) is -3.40. The average molecular weight is 198 g/mol. The summed E-state index contributed by atoms with van der Waals surface area (Å²) in [6, 6.07) is 0. The summed E-state index contributed by atoms with van der Waals surface area (Å²) >= 11 is 0. The van der Waals surface area contributed by atoms with Gasteiger partial charge in [0.1, 0.15) is 0 Å². The second-order valence-corrected chi connectivity index (χ2v) is 4.25. The zero-order valence-corrected chi connectivity index (χ0v) is 7.52. The fourth-order valence-electron chi connectivity index (χ4n) is 1.55. The molecule has 2 unspecified atom stereocenters. The molecule has 0 spiro atoms. The van der Waals surface area contributed by atoms with Crippen LogP contribution in [0.5, 0.6) is 0 Å². The van der Waals surface area contributed by atoms with Gasteiger partial charge in [0, 0.05) is 6.42 Å². The first-order valence-electron chi connectivity index (χ1n) is 4.10. The lowest BCUT2D eigenvalue weighted by Gasteiger charge is -2.27. The third-order valence-electron chi connectivity index (χ3n) is 2.91. The van der Waals surface area contributed by atoms with Crippen molar-refractivity contribution in [2.45, 2.75) is 38.7 Å². The van der Waals surface area contributed by atoms with Gasteiger partial charge in [-0.2, -0.15) is 13.2 Å². The van der Waals surface area contributed by atoms with E-state index in [9.17, 15) is 13.2 Å². The fraction of sp³-hybridized carbons (Fsp3) is 1.00. The van der Waals surface area contributed by atoms with Crippen LogP contribution in [0, 0.1) is 11.3 Å². The van der Waals surface area contributed by atoms with Crippen LogP contribution in [0.2, 0.25) is 0 Å². The van der Waals surface area contributed by atoms with E-state index in [0.717, 1.165) is 0 Å². The zero-order chi connectivity index (χ0) is 10.5. The van der Waals surface area contributed by atoms with E-state index in [0.29, 0.717) is 6.42 Å². The van der Waals surface area contributed by atoms with E-state index in [4.69, 9.17) is 10.2 Å². The van der Waals surface area contributed by atoms with Crippen LogP contribution in [-0.2, 0) is 0 Å². The van der Waals surface area contributed by atoms with Crippen LogP contribution in [0.3, 0.4) is 0 Å². The maximum absolute atomic E-state index is 12.0. The molecule has 1 aliphatic carbocycles. The van der Waals surface area contributed by atoms with Gasteiger partial charge in [0.15, 0.2) is 0 Å². The molecule has 0 heterocycles. The lowest BCUT2D eigenvalue weighted by Crippen LogP contribution is -2.46. The predicted molar refractivity (Wildman–Crippen MR) is 39.7 cm³/mol. The Morgan fingerprint density at radius 1 is 1.38 bits per heavy atom. The summed E-state index contributed by atoms with van der Waals surface area (Å²) in [6.45, 7) is 3.43. The largest absolute Gasteiger partial charge is 0.442 e. The number of aliphatic hydroxyl groups is 2. The minimum Gasteiger partial charge on any atom is -0.359 e. The SMILES string of the molecule is CC1CC1(C)CC(O)(O)C(F)(F)F. The molecule has 0 saturated heterocycles. The van der Waals surface area contributed by atoms with E-state index in [-0.39, 0.29) is 5.92 Å². The molecular weight excluding hydrogens is 185 g/mol. The van der Waals surface area contributed by atoms with Gasteiger partial charge < -0.3 is 10.2 Å². The van der Waals surface area contributed by atoms with E-state index in [2.05, 4.69) is 0 Å². The van der Waals surface area contributed by atoms with E-state index >= 15 is 0 Å². The Hall–Kier alpha value is -0.290. The highest BCUT2D eigenvalue weighted by atomic mass is 19.4. The van der Waals surface area contributed by atoms with Crippen molar-refractivity contribution in [3.8, 4) is 0 Å². The van der Waals surface area contributed by atoms with Crippen molar-refractivity contribution in [2.24, 2.45) is 11.3 Å².